The predicted molar refractivity (Wildman–Crippen MR) is 86.4 cm³/mol. The number of carbonyl (C=O) groups excluding carboxylic acids is 1. The molecule has 116 valence electrons. The number of nitrogens with one attached hydrogen (secondary N) is 1. The number of aromatic nitrogens is 1. The summed E-state index contributed by atoms with van der Waals surface area (Å²) < 4.78 is 10.7. The van der Waals surface area contributed by atoms with Crippen LogP contribution in [0.4, 0.5) is 10.5 Å². The number of benzene rings is 1. The van der Waals surface area contributed by atoms with Crippen LogP contribution >= 0.6 is 0 Å². The molecule has 0 saturated carbocycles. The SMILES string of the molecule is CCOC(=O)Nc1ccccc1-c1cc(=O)c2cnccc2o1. The van der Waals surface area contributed by atoms with Gasteiger partial charge in [0.15, 0.2) is 5.43 Å². The van der Waals surface area contributed by atoms with E-state index in [1.807, 2.05) is 0 Å². The maximum Gasteiger partial charge on any atom is 0.411 e. The molecule has 0 saturated heterocycles. The third kappa shape index (κ3) is 3.06. The first kappa shape index (κ1) is 14.8. The van der Waals surface area contributed by atoms with Crippen molar-refractivity contribution in [2.24, 2.45) is 0 Å². The number of nitrogens with zero attached hydrogens (tertiary/aromatic N) is 1. The van der Waals surface area contributed by atoms with Gasteiger partial charge in [0.05, 0.1) is 17.7 Å². The Hall–Kier alpha value is -3.15. The second-order valence-electron chi connectivity index (χ2n) is 4.74. The monoisotopic (exact) mass is 310 g/mol. The number of fused-ring (bicyclic) bond motifs is 1. The van der Waals surface area contributed by atoms with Gasteiger partial charge in [-0.1, -0.05) is 12.1 Å². The highest BCUT2D eigenvalue weighted by atomic mass is 16.5. The molecule has 0 unspecified atom stereocenters. The fourth-order valence-corrected chi connectivity index (χ4v) is 2.22. The Morgan fingerprint density at radius 2 is 2.13 bits per heavy atom. The van der Waals surface area contributed by atoms with E-state index in [1.165, 1.54) is 12.3 Å². The van der Waals surface area contributed by atoms with Gasteiger partial charge in [-0.25, -0.2) is 4.79 Å². The van der Waals surface area contributed by atoms with Crippen molar-refractivity contribution in [3.05, 3.63) is 59.0 Å². The molecule has 0 aliphatic rings. The zero-order chi connectivity index (χ0) is 16.2. The van der Waals surface area contributed by atoms with E-state index in [0.29, 0.717) is 28.0 Å². The number of carbonyl (C=O) groups is 1. The van der Waals surface area contributed by atoms with Gasteiger partial charge in [0.25, 0.3) is 0 Å². The molecule has 2 aromatic heterocycles. The van der Waals surface area contributed by atoms with Gasteiger partial charge in [0.1, 0.15) is 11.3 Å². The lowest BCUT2D eigenvalue weighted by Gasteiger charge is -2.10. The zero-order valence-electron chi connectivity index (χ0n) is 12.4. The number of rotatable bonds is 3. The van der Waals surface area contributed by atoms with Crippen LogP contribution in [0.1, 0.15) is 6.92 Å². The quantitative estimate of drug-likeness (QED) is 0.801. The number of anilines is 1. The highest BCUT2D eigenvalue weighted by Gasteiger charge is 2.12. The van der Waals surface area contributed by atoms with Crippen molar-refractivity contribution in [1.82, 2.24) is 4.98 Å². The lowest BCUT2D eigenvalue weighted by Crippen LogP contribution is -2.14. The maximum absolute atomic E-state index is 12.2. The van der Waals surface area contributed by atoms with Crippen LogP contribution < -0.4 is 10.7 Å². The van der Waals surface area contributed by atoms with Gasteiger partial charge >= 0.3 is 6.09 Å². The molecule has 3 rings (SSSR count). The number of amides is 1. The molecular weight excluding hydrogens is 296 g/mol. The summed E-state index contributed by atoms with van der Waals surface area (Å²) in [5.41, 5.74) is 1.34. The Morgan fingerprint density at radius 1 is 1.30 bits per heavy atom. The molecule has 0 radical (unpaired) electrons. The summed E-state index contributed by atoms with van der Waals surface area (Å²) in [5.74, 6) is 0.362. The standard InChI is InChI=1S/C17H14N2O4/c1-2-22-17(21)19-13-6-4-3-5-11(13)16-9-14(20)12-10-18-8-7-15(12)23-16/h3-10H,2H2,1H3,(H,19,21). The zero-order valence-corrected chi connectivity index (χ0v) is 12.4. The Labute approximate surface area is 131 Å². The first-order valence-corrected chi connectivity index (χ1v) is 7.10. The van der Waals surface area contributed by atoms with E-state index in [9.17, 15) is 9.59 Å². The fourth-order valence-electron chi connectivity index (χ4n) is 2.22. The predicted octanol–water partition coefficient (Wildman–Crippen LogP) is 3.42. The minimum Gasteiger partial charge on any atom is -0.456 e. The minimum atomic E-state index is -0.563. The van der Waals surface area contributed by atoms with E-state index in [-0.39, 0.29) is 12.0 Å². The number of hydrogen-bond acceptors (Lipinski definition) is 5. The van der Waals surface area contributed by atoms with Gasteiger partial charge < -0.3 is 9.15 Å². The number of hydrogen-bond donors (Lipinski definition) is 1. The van der Waals surface area contributed by atoms with Crippen molar-refractivity contribution in [3.63, 3.8) is 0 Å². The Kier molecular flexibility index (Phi) is 4.05. The first-order chi connectivity index (χ1) is 11.2. The van der Waals surface area contributed by atoms with Crippen LogP contribution in [-0.4, -0.2) is 17.7 Å². The van der Waals surface area contributed by atoms with Crippen LogP contribution in [0.5, 0.6) is 0 Å². The number of para-hydroxylation sites is 1. The molecule has 0 aliphatic heterocycles. The smallest absolute Gasteiger partial charge is 0.411 e. The van der Waals surface area contributed by atoms with E-state index in [0.717, 1.165) is 0 Å². The van der Waals surface area contributed by atoms with Crippen molar-refractivity contribution in [3.8, 4) is 11.3 Å². The minimum absolute atomic E-state index is 0.194. The van der Waals surface area contributed by atoms with Crippen LogP contribution in [0, 0.1) is 0 Å². The van der Waals surface area contributed by atoms with Crippen LogP contribution in [0.15, 0.2) is 58.0 Å². The highest BCUT2D eigenvalue weighted by molar-refractivity contribution is 5.91. The molecule has 23 heavy (non-hydrogen) atoms. The van der Waals surface area contributed by atoms with Crippen molar-refractivity contribution in [2.45, 2.75) is 6.92 Å². The summed E-state index contributed by atoms with van der Waals surface area (Å²) in [6, 6.07) is 10.0. The largest absolute Gasteiger partial charge is 0.456 e. The summed E-state index contributed by atoms with van der Waals surface area (Å²) >= 11 is 0. The van der Waals surface area contributed by atoms with E-state index in [1.54, 1.807) is 43.5 Å². The summed E-state index contributed by atoms with van der Waals surface area (Å²) in [6.07, 6.45) is 2.46. The van der Waals surface area contributed by atoms with Crippen LogP contribution in [-0.2, 0) is 4.74 Å². The highest BCUT2D eigenvalue weighted by Crippen LogP contribution is 2.28. The van der Waals surface area contributed by atoms with Gasteiger partial charge in [0, 0.05) is 24.0 Å². The molecule has 1 aromatic carbocycles. The van der Waals surface area contributed by atoms with Crippen LogP contribution in [0.3, 0.4) is 0 Å². The molecule has 0 fully saturated rings. The maximum atomic E-state index is 12.2. The molecule has 0 bridgehead atoms. The van der Waals surface area contributed by atoms with Crippen molar-refractivity contribution in [2.75, 3.05) is 11.9 Å². The molecular formula is C17H14N2O4. The summed E-state index contributed by atoms with van der Waals surface area (Å²) in [5, 5.41) is 3.05. The lowest BCUT2D eigenvalue weighted by molar-refractivity contribution is 0.168. The van der Waals surface area contributed by atoms with E-state index in [4.69, 9.17) is 9.15 Å². The van der Waals surface area contributed by atoms with Gasteiger partial charge in [-0.2, -0.15) is 0 Å². The third-order valence-corrected chi connectivity index (χ3v) is 3.23. The average molecular weight is 310 g/mol. The second kappa shape index (κ2) is 6.31. The van der Waals surface area contributed by atoms with Gasteiger partial charge in [-0.15, -0.1) is 0 Å². The Balaban J connectivity index is 2.08. The fraction of sp³-hybridized carbons (Fsp3) is 0.118. The number of pyridine rings is 1. The summed E-state index contributed by atoms with van der Waals surface area (Å²) in [4.78, 5) is 27.8. The van der Waals surface area contributed by atoms with Gasteiger partial charge in [-0.3, -0.25) is 15.1 Å². The second-order valence-corrected chi connectivity index (χ2v) is 4.74. The summed E-state index contributed by atoms with van der Waals surface area (Å²) in [7, 11) is 0. The van der Waals surface area contributed by atoms with E-state index in [2.05, 4.69) is 10.3 Å². The van der Waals surface area contributed by atoms with Crippen LogP contribution in [0.2, 0.25) is 0 Å². The summed E-state index contributed by atoms with van der Waals surface area (Å²) in [6.45, 7) is 1.99. The number of ether oxygens (including phenoxy) is 1. The Bertz CT molecular complexity index is 918. The molecule has 0 spiro atoms. The van der Waals surface area contributed by atoms with Gasteiger partial charge in [0.2, 0.25) is 0 Å². The average Bonchev–Trinajstić information content (AvgIpc) is 2.55. The molecule has 0 aliphatic carbocycles. The third-order valence-electron chi connectivity index (χ3n) is 3.23. The molecule has 1 amide bonds. The molecule has 6 nitrogen and oxygen atoms in total. The van der Waals surface area contributed by atoms with Gasteiger partial charge in [-0.05, 0) is 25.1 Å². The first-order valence-electron chi connectivity index (χ1n) is 7.10. The van der Waals surface area contributed by atoms with Crippen molar-refractivity contribution < 1.29 is 13.9 Å². The molecule has 6 heteroatoms. The van der Waals surface area contributed by atoms with E-state index < -0.39 is 6.09 Å². The molecule has 3 aromatic rings. The molecule has 2 heterocycles. The topological polar surface area (TPSA) is 81.4 Å². The van der Waals surface area contributed by atoms with Crippen LogP contribution in [0.25, 0.3) is 22.3 Å². The molecule has 0 atom stereocenters. The lowest BCUT2D eigenvalue weighted by atomic mass is 10.1. The Morgan fingerprint density at radius 3 is 2.96 bits per heavy atom. The van der Waals surface area contributed by atoms with E-state index >= 15 is 0 Å². The normalized spacial score (nSPS) is 10.5. The van der Waals surface area contributed by atoms with Crippen molar-refractivity contribution >= 4 is 22.7 Å². The molecule has 1 N–H and O–H groups in total. The van der Waals surface area contributed by atoms with Crippen molar-refractivity contribution in [1.29, 1.82) is 0 Å².